The summed E-state index contributed by atoms with van der Waals surface area (Å²) in [4.78, 5) is 20.8. The van der Waals surface area contributed by atoms with Crippen molar-refractivity contribution in [3.05, 3.63) is 54.6 Å². The molecule has 27 heavy (non-hydrogen) atoms. The van der Waals surface area contributed by atoms with Crippen LogP contribution in [-0.4, -0.2) is 37.6 Å². The van der Waals surface area contributed by atoms with Crippen LogP contribution in [0.5, 0.6) is 0 Å². The summed E-state index contributed by atoms with van der Waals surface area (Å²) in [7, 11) is 0. The Morgan fingerprint density at radius 2 is 1.85 bits per heavy atom. The third-order valence-electron chi connectivity index (χ3n) is 4.69. The molecule has 0 aromatic carbocycles. The number of nitrogens with two attached hydrogens (primary N) is 1. The van der Waals surface area contributed by atoms with Crippen molar-refractivity contribution in [2.45, 2.75) is 24.4 Å². The van der Waals surface area contributed by atoms with Gasteiger partial charge in [-0.1, -0.05) is 0 Å². The van der Waals surface area contributed by atoms with Crippen LogP contribution in [0, 0.1) is 5.82 Å². The Balaban J connectivity index is 1.49. The van der Waals surface area contributed by atoms with Crippen LogP contribution in [0.1, 0.15) is 18.5 Å². The van der Waals surface area contributed by atoms with Gasteiger partial charge in [0, 0.05) is 36.1 Å². The third-order valence-corrected chi connectivity index (χ3v) is 4.69. The maximum Gasteiger partial charge on any atom is 0.222 e. The number of nitrogens with zero attached hydrogens (tertiary/aromatic N) is 5. The minimum atomic E-state index is -0.958. The molecule has 0 unspecified atom stereocenters. The number of alkyl halides is 1. The Hall–Kier alpha value is -3.23. The molecule has 3 N–H and O–H groups in total. The zero-order valence-corrected chi connectivity index (χ0v) is 14.3. The summed E-state index contributed by atoms with van der Waals surface area (Å²) in [5.74, 6) is 0.265. The van der Waals surface area contributed by atoms with Gasteiger partial charge in [0.05, 0.1) is 23.8 Å². The Kier molecular flexibility index (Phi) is 4.35. The molecule has 1 aliphatic rings. The predicted molar refractivity (Wildman–Crippen MR) is 96.0 cm³/mol. The zero-order valence-electron chi connectivity index (χ0n) is 14.3. The van der Waals surface area contributed by atoms with E-state index < -0.39 is 17.4 Å². The van der Waals surface area contributed by atoms with Crippen molar-refractivity contribution in [2.24, 2.45) is 0 Å². The zero-order chi connectivity index (χ0) is 18.9. The number of hydrogen-bond donors (Lipinski definition) is 2. The van der Waals surface area contributed by atoms with Crippen LogP contribution in [0.2, 0.25) is 0 Å². The van der Waals surface area contributed by atoms with E-state index in [4.69, 9.17) is 5.73 Å². The summed E-state index contributed by atoms with van der Waals surface area (Å²) >= 11 is 0. The Morgan fingerprint density at radius 3 is 2.48 bits per heavy atom. The van der Waals surface area contributed by atoms with Crippen molar-refractivity contribution in [1.29, 1.82) is 0 Å². The van der Waals surface area contributed by atoms with Gasteiger partial charge in [0.1, 0.15) is 17.8 Å². The van der Waals surface area contributed by atoms with Crippen LogP contribution >= 0.6 is 0 Å². The number of aromatic nitrogens is 5. The molecule has 7 nitrogen and oxygen atoms in total. The lowest BCUT2D eigenvalue weighted by molar-refractivity contribution is 0.0963. The summed E-state index contributed by atoms with van der Waals surface area (Å²) in [6.45, 7) is 0.294. The van der Waals surface area contributed by atoms with Crippen molar-refractivity contribution in [3.8, 4) is 11.3 Å². The normalized spacial score (nSPS) is 21.5. The first-order valence-corrected chi connectivity index (χ1v) is 8.45. The van der Waals surface area contributed by atoms with Crippen LogP contribution in [0.25, 0.3) is 11.3 Å². The minimum Gasteiger partial charge on any atom is -0.382 e. The molecule has 0 aliphatic heterocycles. The van der Waals surface area contributed by atoms with Crippen molar-refractivity contribution in [3.63, 3.8) is 0 Å². The van der Waals surface area contributed by atoms with Gasteiger partial charge < -0.3 is 11.1 Å². The fourth-order valence-corrected chi connectivity index (χ4v) is 3.27. The van der Waals surface area contributed by atoms with E-state index in [1.165, 1.54) is 30.7 Å². The molecule has 3 heterocycles. The largest absolute Gasteiger partial charge is 0.382 e. The van der Waals surface area contributed by atoms with Gasteiger partial charge in [0.2, 0.25) is 5.95 Å². The molecule has 4 rings (SSSR count). The number of halogens is 2. The molecule has 0 bridgehead atoms. The van der Waals surface area contributed by atoms with E-state index in [2.05, 4.69) is 30.2 Å². The van der Waals surface area contributed by atoms with Gasteiger partial charge in [-0.25, -0.2) is 23.7 Å². The van der Waals surface area contributed by atoms with Gasteiger partial charge in [-0.05, 0) is 25.0 Å². The molecule has 1 aliphatic carbocycles. The average molecular weight is 369 g/mol. The van der Waals surface area contributed by atoms with E-state index in [-0.39, 0.29) is 18.5 Å². The highest BCUT2D eigenvalue weighted by Crippen LogP contribution is 2.45. The number of anilines is 2. The average Bonchev–Trinajstić information content (AvgIpc) is 2.66. The SMILES string of the molecule is Nc1cnc(-c2cnc(NCC3(c4ncccc4F)CC(F)C3)nc2)cn1. The first-order valence-electron chi connectivity index (χ1n) is 8.45. The Bertz CT molecular complexity index is 925. The summed E-state index contributed by atoms with van der Waals surface area (Å²) < 4.78 is 27.8. The summed E-state index contributed by atoms with van der Waals surface area (Å²) in [6.07, 6.45) is 7.18. The first kappa shape index (κ1) is 17.2. The van der Waals surface area contributed by atoms with E-state index >= 15 is 0 Å². The number of hydrogen-bond acceptors (Lipinski definition) is 7. The highest BCUT2D eigenvalue weighted by molar-refractivity contribution is 5.56. The van der Waals surface area contributed by atoms with Gasteiger partial charge in [0.15, 0.2) is 0 Å². The third kappa shape index (κ3) is 3.40. The van der Waals surface area contributed by atoms with E-state index in [0.29, 0.717) is 29.6 Å². The van der Waals surface area contributed by atoms with Gasteiger partial charge >= 0.3 is 0 Å². The van der Waals surface area contributed by atoms with Gasteiger partial charge in [-0.2, -0.15) is 0 Å². The molecular weight excluding hydrogens is 352 g/mol. The molecule has 1 fully saturated rings. The quantitative estimate of drug-likeness (QED) is 0.712. The van der Waals surface area contributed by atoms with E-state index in [9.17, 15) is 8.78 Å². The van der Waals surface area contributed by atoms with E-state index in [0.717, 1.165) is 0 Å². The van der Waals surface area contributed by atoms with Crippen molar-refractivity contribution < 1.29 is 8.78 Å². The van der Waals surface area contributed by atoms with Crippen LogP contribution in [-0.2, 0) is 5.41 Å². The van der Waals surface area contributed by atoms with Crippen LogP contribution in [0.4, 0.5) is 20.5 Å². The van der Waals surface area contributed by atoms with Crippen molar-refractivity contribution in [1.82, 2.24) is 24.9 Å². The van der Waals surface area contributed by atoms with Crippen molar-refractivity contribution >= 4 is 11.8 Å². The molecule has 0 radical (unpaired) electrons. The highest BCUT2D eigenvalue weighted by Gasteiger charge is 2.48. The molecule has 3 aromatic rings. The lowest BCUT2D eigenvalue weighted by atomic mass is 9.65. The molecular formula is C18H17F2N7. The molecule has 0 amide bonds. The molecule has 1 saturated carbocycles. The second-order valence-corrected chi connectivity index (χ2v) is 6.60. The predicted octanol–water partition coefficient (Wildman–Crippen LogP) is 2.53. The number of nitrogens with one attached hydrogen (secondary N) is 1. The lowest BCUT2D eigenvalue weighted by Gasteiger charge is -2.43. The minimum absolute atomic E-state index is 0.215. The van der Waals surface area contributed by atoms with Crippen LogP contribution < -0.4 is 11.1 Å². The second kappa shape index (κ2) is 6.82. The number of rotatable bonds is 5. The summed E-state index contributed by atoms with van der Waals surface area (Å²) in [6, 6.07) is 2.86. The lowest BCUT2D eigenvalue weighted by Crippen LogP contribution is -2.49. The summed E-state index contributed by atoms with van der Waals surface area (Å²) in [5, 5.41) is 3.07. The topological polar surface area (TPSA) is 102 Å². The molecule has 138 valence electrons. The number of nitrogen functional groups attached to an aromatic ring is 1. The number of pyridine rings is 1. The summed E-state index contributed by atoms with van der Waals surface area (Å²) in [5.41, 5.74) is 6.39. The standard InChI is InChI=1S/C18H17F2N7/c19-12-4-18(5-12,16-13(20)2-1-3-22-16)10-27-17-25-6-11(7-26-17)14-8-24-15(21)9-23-14/h1-3,6-9,12H,4-5,10H2,(H2,21,24)(H,25,26,27). The maximum absolute atomic E-state index is 14.2. The van der Waals surface area contributed by atoms with E-state index in [1.54, 1.807) is 12.4 Å². The second-order valence-electron chi connectivity index (χ2n) is 6.60. The molecule has 0 saturated heterocycles. The first-order chi connectivity index (χ1) is 13.1. The monoisotopic (exact) mass is 369 g/mol. The van der Waals surface area contributed by atoms with Crippen molar-refractivity contribution in [2.75, 3.05) is 17.6 Å². The maximum atomic E-state index is 14.2. The molecule has 3 aromatic heterocycles. The van der Waals surface area contributed by atoms with Crippen LogP contribution in [0.3, 0.4) is 0 Å². The fourth-order valence-electron chi connectivity index (χ4n) is 3.27. The van der Waals surface area contributed by atoms with Crippen LogP contribution in [0.15, 0.2) is 43.1 Å². The highest BCUT2D eigenvalue weighted by atomic mass is 19.1. The van der Waals surface area contributed by atoms with Gasteiger partial charge in [-0.15, -0.1) is 0 Å². The Labute approximate surface area is 154 Å². The molecule has 9 heteroatoms. The molecule has 0 spiro atoms. The van der Waals surface area contributed by atoms with Gasteiger partial charge in [0.25, 0.3) is 0 Å². The fraction of sp³-hybridized carbons (Fsp3) is 0.278. The molecule has 0 atom stereocenters. The van der Waals surface area contributed by atoms with Gasteiger partial charge in [-0.3, -0.25) is 9.97 Å². The smallest absolute Gasteiger partial charge is 0.222 e. The Morgan fingerprint density at radius 1 is 1.07 bits per heavy atom. The van der Waals surface area contributed by atoms with E-state index in [1.807, 2.05) is 0 Å².